The highest BCUT2D eigenvalue weighted by Crippen LogP contribution is 2.30. The van der Waals surface area contributed by atoms with E-state index in [1.54, 1.807) is 23.9 Å². The molecule has 0 aliphatic heterocycles. The van der Waals surface area contributed by atoms with Crippen LogP contribution in [0.2, 0.25) is 10.0 Å². The van der Waals surface area contributed by atoms with Crippen molar-refractivity contribution in [3.63, 3.8) is 0 Å². The number of hydrogen-bond donors (Lipinski definition) is 0. The van der Waals surface area contributed by atoms with Gasteiger partial charge in [0.15, 0.2) is 5.65 Å². The van der Waals surface area contributed by atoms with E-state index in [1.807, 2.05) is 48.5 Å². The van der Waals surface area contributed by atoms with Gasteiger partial charge in [-0.3, -0.25) is 0 Å². The lowest BCUT2D eigenvalue weighted by Crippen LogP contribution is -2.01. The lowest BCUT2D eigenvalue weighted by atomic mass is 10.1. The summed E-state index contributed by atoms with van der Waals surface area (Å²) in [4.78, 5) is 4.39. The SMILES string of the molecule is COc1ccc(-c2cnc3ccc(OCc4cccc(Cl)c4)nn23)cc1Cl. The monoisotopic (exact) mass is 399 g/mol. The summed E-state index contributed by atoms with van der Waals surface area (Å²) in [6.45, 7) is 0.372. The quantitative estimate of drug-likeness (QED) is 0.457. The van der Waals surface area contributed by atoms with Gasteiger partial charge in [0.05, 0.1) is 24.0 Å². The summed E-state index contributed by atoms with van der Waals surface area (Å²) < 4.78 is 12.7. The van der Waals surface area contributed by atoms with Crippen molar-refractivity contribution in [2.75, 3.05) is 7.11 Å². The molecular formula is C20H15Cl2N3O2. The van der Waals surface area contributed by atoms with Crippen molar-refractivity contribution < 1.29 is 9.47 Å². The van der Waals surface area contributed by atoms with E-state index in [9.17, 15) is 0 Å². The summed E-state index contributed by atoms with van der Waals surface area (Å²) in [5.41, 5.74) is 3.37. The van der Waals surface area contributed by atoms with Crippen LogP contribution in [0.4, 0.5) is 0 Å². The normalized spacial score (nSPS) is 10.9. The number of hydrogen-bond acceptors (Lipinski definition) is 4. The molecule has 2 heterocycles. The summed E-state index contributed by atoms with van der Waals surface area (Å²) in [5, 5.41) is 5.75. The van der Waals surface area contributed by atoms with E-state index in [0.29, 0.717) is 33.9 Å². The van der Waals surface area contributed by atoms with E-state index in [0.717, 1.165) is 16.8 Å². The first-order chi connectivity index (χ1) is 13.1. The average molecular weight is 400 g/mol. The Hall–Kier alpha value is -2.76. The van der Waals surface area contributed by atoms with Gasteiger partial charge in [-0.15, -0.1) is 5.10 Å². The fraction of sp³-hybridized carbons (Fsp3) is 0.100. The van der Waals surface area contributed by atoms with Gasteiger partial charge in [0.1, 0.15) is 12.4 Å². The van der Waals surface area contributed by atoms with Crippen LogP contribution in [0.1, 0.15) is 5.56 Å². The van der Waals surface area contributed by atoms with E-state index < -0.39 is 0 Å². The van der Waals surface area contributed by atoms with Crippen molar-refractivity contribution in [2.45, 2.75) is 6.61 Å². The van der Waals surface area contributed by atoms with Crippen LogP contribution >= 0.6 is 23.2 Å². The number of ether oxygens (including phenoxy) is 2. The second kappa shape index (κ2) is 7.47. The van der Waals surface area contributed by atoms with Gasteiger partial charge in [0, 0.05) is 16.7 Å². The molecule has 2 aromatic carbocycles. The highest BCUT2D eigenvalue weighted by atomic mass is 35.5. The molecule has 0 saturated heterocycles. The molecule has 2 aromatic heterocycles. The summed E-state index contributed by atoms with van der Waals surface area (Å²) in [6.07, 6.45) is 1.75. The van der Waals surface area contributed by atoms with Crippen LogP contribution in [0, 0.1) is 0 Å². The van der Waals surface area contributed by atoms with Crippen LogP contribution in [0.5, 0.6) is 11.6 Å². The molecule has 0 spiro atoms. The Morgan fingerprint density at radius 2 is 1.93 bits per heavy atom. The molecule has 5 nitrogen and oxygen atoms in total. The van der Waals surface area contributed by atoms with Crippen molar-refractivity contribution in [1.82, 2.24) is 14.6 Å². The number of benzene rings is 2. The molecule has 0 N–H and O–H groups in total. The van der Waals surface area contributed by atoms with Gasteiger partial charge in [-0.25, -0.2) is 9.50 Å². The fourth-order valence-electron chi connectivity index (χ4n) is 2.74. The number of rotatable bonds is 5. The third-order valence-electron chi connectivity index (χ3n) is 4.06. The number of fused-ring (bicyclic) bond motifs is 1. The summed E-state index contributed by atoms with van der Waals surface area (Å²) in [6, 6.07) is 16.7. The number of methoxy groups -OCH3 is 1. The molecule has 0 amide bonds. The van der Waals surface area contributed by atoms with Gasteiger partial charge >= 0.3 is 0 Å². The van der Waals surface area contributed by atoms with Gasteiger partial charge in [-0.2, -0.15) is 0 Å². The zero-order chi connectivity index (χ0) is 18.8. The first kappa shape index (κ1) is 17.6. The van der Waals surface area contributed by atoms with Gasteiger partial charge < -0.3 is 9.47 Å². The Bertz CT molecular complexity index is 1110. The van der Waals surface area contributed by atoms with Gasteiger partial charge in [-0.1, -0.05) is 35.3 Å². The van der Waals surface area contributed by atoms with Gasteiger partial charge in [0.2, 0.25) is 5.88 Å². The number of aromatic nitrogens is 3. The Morgan fingerprint density at radius 1 is 1.04 bits per heavy atom. The summed E-state index contributed by atoms with van der Waals surface area (Å²) in [7, 11) is 1.58. The molecule has 0 atom stereocenters. The first-order valence-corrected chi connectivity index (χ1v) is 8.95. The predicted molar refractivity (Wildman–Crippen MR) is 106 cm³/mol. The van der Waals surface area contributed by atoms with Crippen LogP contribution in [0.15, 0.2) is 60.8 Å². The van der Waals surface area contributed by atoms with E-state index in [-0.39, 0.29) is 0 Å². The van der Waals surface area contributed by atoms with Crippen LogP contribution in [0.3, 0.4) is 0 Å². The van der Waals surface area contributed by atoms with Crippen LogP contribution in [0.25, 0.3) is 16.9 Å². The second-order valence-electron chi connectivity index (χ2n) is 5.85. The molecule has 27 heavy (non-hydrogen) atoms. The Morgan fingerprint density at radius 3 is 2.70 bits per heavy atom. The maximum Gasteiger partial charge on any atom is 0.232 e. The number of nitrogens with zero attached hydrogens (tertiary/aromatic N) is 3. The molecule has 4 rings (SSSR count). The topological polar surface area (TPSA) is 48.7 Å². The van der Waals surface area contributed by atoms with Crippen molar-refractivity contribution in [2.24, 2.45) is 0 Å². The minimum Gasteiger partial charge on any atom is -0.495 e. The molecule has 136 valence electrons. The van der Waals surface area contributed by atoms with Crippen molar-refractivity contribution in [3.8, 4) is 22.9 Å². The van der Waals surface area contributed by atoms with Crippen LogP contribution in [-0.2, 0) is 6.61 Å². The molecule has 0 radical (unpaired) electrons. The molecule has 0 aliphatic carbocycles. The third-order valence-corrected chi connectivity index (χ3v) is 4.59. The van der Waals surface area contributed by atoms with E-state index in [2.05, 4.69) is 10.1 Å². The molecule has 4 aromatic rings. The Kier molecular flexibility index (Phi) is 4.88. The van der Waals surface area contributed by atoms with Crippen molar-refractivity contribution in [1.29, 1.82) is 0 Å². The number of halogens is 2. The zero-order valence-corrected chi connectivity index (χ0v) is 15.9. The van der Waals surface area contributed by atoms with Crippen molar-refractivity contribution in [3.05, 3.63) is 76.4 Å². The average Bonchev–Trinajstić information content (AvgIpc) is 3.09. The molecule has 7 heteroatoms. The van der Waals surface area contributed by atoms with E-state index in [4.69, 9.17) is 32.7 Å². The smallest absolute Gasteiger partial charge is 0.232 e. The summed E-state index contributed by atoms with van der Waals surface area (Å²) >= 11 is 12.3. The van der Waals surface area contributed by atoms with Crippen molar-refractivity contribution >= 4 is 28.8 Å². The summed E-state index contributed by atoms with van der Waals surface area (Å²) in [5.74, 6) is 1.11. The Balaban J connectivity index is 1.64. The zero-order valence-electron chi connectivity index (χ0n) is 14.4. The highest BCUT2D eigenvalue weighted by molar-refractivity contribution is 6.32. The molecule has 0 unspecified atom stereocenters. The molecule has 0 bridgehead atoms. The van der Waals surface area contributed by atoms with E-state index >= 15 is 0 Å². The molecular weight excluding hydrogens is 385 g/mol. The Labute approximate surface area is 166 Å². The minimum atomic E-state index is 0.372. The predicted octanol–water partition coefficient (Wildman–Crippen LogP) is 5.29. The van der Waals surface area contributed by atoms with Crippen LogP contribution < -0.4 is 9.47 Å². The standard InChI is InChI=1S/C20H15Cl2N3O2/c1-26-18-6-5-14(10-16(18)22)17-11-23-19-7-8-20(24-25(17)19)27-12-13-3-2-4-15(21)9-13/h2-11H,12H2,1H3. The fourth-order valence-corrected chi connectivity index (χ4v) is 3.21. The molecule has 0 aliphatic rings. The largest absolute Gasteiger partial charge is 0.495 e. The minimum absolute atomic E-state index is 0.372. The third kappa shape index (κ3) is 3.70. The molecule has 0 fully saturated rings. The maximum atomic E-state index is 6.25. The molecule has 0 saturated carbocycles. The maximum absolute atomic E-state index is 6.25. The van der Waals surface area contributed by atoms with Gasteiger partial charge in [-0.05, 0) is 42.0 Å². The van der Waals surface area contributed by atoms with Crippen LogP contribution in [-0.4, -0.2) is 21.7 Å². The highest BCUT2D eigenvalue weighted by Gasteiger charge is 2.11. The van der Waals surface area contributed by atoms with Gasteiger partial charge in [0.25, 0.3) is 0 Å². The second-order valence-corrected chi connectivity index (χ2v) is 6.70. The lowest BCUT2D eigenvalue weighted by Gasteiger charge is -2.08. The number of imidazole rings is 1. The lowest BCUT2D eigenvalue weighted by molar-refractivity contribution is 0.289. The first-order valence-electron chi connectivity index (χ1n) is 8.20. The van der Waals surface area contributed by atoms with E-state index in [1.165, 1.54) is 0 Å².